The predicted octanol–water partition coefficient (Wildman–Crippen LogP) is 3.99. The molecule has 4 nitrogen and oxygen atoms in total. The fourth-order valence-electron chi connectivity index (χ4n) is 1.48. The normalized spacial score (nSPS) is 10.2. The number of aromatic nitrogens is 2. The zero-order valence-electron chi connectivity index (χ0n) is 9.96. The molecular formula is C12H12BrClN4. The quantitative estimate of drug-likeness (QED) is 0.895. The molecule has 0 saturated heterocycles. The molecule has 94 valence electrons. The van der Waals surface area contributed by atoms with E-state index in [2.05, 4.69) is 36.5 Å². The summed E-state index contributed by atoms with van der Waals surface area (Å²) in [4.78, 5) is 8.54. The summed E-state index contributed by atoms with van der Waals surface area (Å²) in [7, 11) is 1.78. The Morgan fingerprint density at radius 3 is 2.72 bits per heavy atom. The minimum atomic E-state index is 0.573. The second-order valence-corrected chi connectivity index (χ2v) is 5.04. The maximum Gasteiger partial charge on any atom is 0.224 e. The molecule has 18 heavy (non-hydrogen) atoms. The van der Waals surface area contributed by atoms with Crippen molar-refractivity contribution in [2.45, 2.75) is 6.92 Å². The Balaban J connectivity index is 2.33. The Bertz CT molecular complexity index is 574. The van der Waals surface area contributed by atoms with Gasteiger partial charge in [0, 0.05) is 23.3 Å². The van der Waals surface area contributed by atoms with Gasteiger partial charge >= 0.3 is 0 Å². The number of nitrogens with one attached hydrogen (secondary N) is 2. The number of nitrogens with zero attached hydrogens (tertiary/aromatic N) is 2. The number of halogens is 2. The molecule has 2 N–H and O–H groups in total. The van der Waals surface area contributed by atoms with E-state index in [1.807, 2.05) is 31.2 Å². The highest BCUT2D eigenvalue weighted by Gasteiger charge is 2.05. The summed E-state index contributed by atoms with van der Waals surface area (Å²) in [5.41, 5.74) is 1.68. The van der Waals surface area contributed by atoms with Crippen LogP contribution in [0, 0.1) is 6.92 Å². The van der Waals surface area contributed by atoms with Gasteiger partial charge < -0.3 is 10.6 Å². The summed E-state index contributed by atoms with van der Waals surface area (Å²) < 4.78 is 0.953. The van der Waals surface area contributed by atoms with Gasteiger partial charge in [0.05, 0.1) is 10.7 Å². The molecule has 2 aromatic rings. The SMILES string of the molecule is CNc1nc(C)cc(Nc2cc(Br)ccc2Cl)n1. The number of hydrogen-bond acceptors (Lipinski definition) is 4. The lowest BCUT2D eigenvalue weighted by molar-refractivity contribution is 1.10. The summed E-state index contributed by atoms with van der Waals surface area (Å²) >= 11 is 9.53. The summed E-state index contributed by atoms with van der Waals surface area (Å²) in [5, 5.41) is 6.73. The summed E-state index contributed by atoms with van der Waals surface area (Å²) in [5.74, 6) is 1.27. The molecule has 1 aromatic carbocycles. The lowest BCUT2D eigenvalue weighted by atomic mass is 10.3. The van der Waals surface area contributed by atoms with E-state index in [1.54, 1.807) is 7.05 Å². The lowest BCUT2D eigenvalue weighted by Gasteiger charge is -2.10. The van der Waals surface area contributed by atoms with Crippen LogP contribution in [-0.2, 0) is 0 Å². The van der Waals surface area contributed by atoms with Crippen molar-refractivity contribution < 1.29 is 0 Å². The number of benzene rings is 1. The van der Waals surface area contributed by atoms with E-state index in [-0.39, 0.29) is 0 Å². The Labute approximate surface area is 119 Å². The highest BCUT2D eigenvalue weighted by molar-refractivity contribution is 9.10. The molecule has 2 rings (SSSR count). The van der Waals surface area contributed by atoms with Crippen LogP contribution in [0.4, 0.5) is 17.5 Å². The van der Waals surface area contributed by atoms with Crippen molar-refractivity contribution in [1.82, 2.24) is 9.97 Å². The van der Waals surface area contributed by atoms with Gasteiger partial charge in [-0.25, -0.2) is 4.98 Å². The van der Waals surface area contributed by atoms with Gasteiger partial charge in [0.2, 0.25) is 5.95 Å². The van der Waals surface area contributed by atoms with Crippen molar-refractivity contribution in [2.24, 2.45) is 0 Å². The van der Waals surface area contributed by atoms with E-state index < -0.39 is 0 Å². The van der Waals surface area contributed by atoms with Crippen molar-refractivity contribution in [2.75, 3.05) is 17.7 Å². The standard InChI is InChI=1S/C12H12BrClN4/c1-7-5-11(18-12(15-2)16-7)17-10-6-8(13)3-4-9(10)14/h3-6H,1-2H3,(H2,15,16,17,18). The highest BCUT2D eigenvalue weighted by Crippen LogP contribution is 2.28. The summed E-state index contributed by atoms with van der Waals surface area (Å²) in [6, 6.07) is 7.47. The molecule has 0 atom stereocenters. The van der Waals surface area contributed by atoms with Crippen molar-refractivity contribution in [3.63, 3.8) is 0 Å². The van der Waals surface area contributed by atoms with Crippen LogP contribution in [0.5, 0.6) is 0 Å². The van der Waals surface area contributed by atoms with E-state index in [1.165, 1.54) is 0 Å². The van der Waals surface area contributed by atoms with Crippen molar-refractivity contribution in [1.29, 1.82) is 0 Å². The zero-order chi connectivity index (χ0) is 13.1. The number of rotatable bonds is 3. The Kier molecular flexibility index (Phi) is 4.04. The van der Waals surface area contributed by atoms with Crippen LogP contribution in [0.15, 0.2) is 28.7 Å². The minimum Gasteiger partial charge on any atom is -0.357 e. The molecular weight excluding hydrogens is 316 g/mol. The molecule has 0 radical (unpaired) electrons. The van der Waals surface area contributed by atoms with E-state index in [0.29, 0.717) is 16.8 Å². The topological polar surface area (TPSA) is 49.8 Å². The second kappa shape index (κ2) is 5.54. The predicted molar refractivity (Wildman–Crippen MR) is 78.8 cm³/mol. The first-order chi connectivity index (χ1) is 8.58. The molecule has 0 amide bonds. The molecule has 0 fully saturated rings. The lowest BCUT2D eigenvalue weighted by Crippen LogP contribution is -2.02. The molecule has 0 spiro atoms. The van der Waals surface area contributed by atoms with Gasteiger partial charge in [0.1, 0.15) is 5.82 Å². The summed E-state index contributed by atoms with van der Waals surface area (Å²) in [6.45, 7) is 1.91. The fourth-order valence-corrected chi connectivity index (χ4v) is 2.00. The van der Waals surface area contributed by atoms with Crippen LogP contribution in [0.2, 0.25) is 5.02 Å². The first-order valence-electron chi connectivity index (χ1n) is 5.34. The van der Waals surface area contributed by atoms with Crippen LogP contribution in [0.3, 0.4) is 0 Å². The molecule has 0 bridgehead atoms. The average Bonchev–Trinajstić information content (AvgIpc) is 2.33. The third kappa shape index (κ3) is 3.11. The number of hydrogen-bond donors (Lipinski definition) is 2. The molecule has 1 aromatic heterocycles. The smallest absolute Gasteiger partial charge is 0.224 e. The zero-order valence-corrected chi connectivity index (χ0v) is 12.3. The molecule has 6 heteroatoms. The molecule has 0 aliphatic heterocycles. The monoisotopic (exact) mass is 326 g/mol. The number of aryl methyl sites for hydroxylation is 1. The van der Waals surface area contributed by atoms with E-state index in [9.17, 15) is 0 Å². The average molecular weight is 328 g/mol. The molecule has 1 heterocycles. The van der Waals surface area contributed by atoms with Crippen molar-refractivity contribution in [3.8, 4) is 0 Å². The van der Waals surface area contributed by atoms with E-state index in [4.69, 9.17) is 11.6 Å². The van der Waals surface area contributed by atoms with Gasteiger partial charge in [-0.15, -0.1) is 0 Å². The Hall–Kier alpha value is -1.33. The maximum absolute atomic E-state index is 6.12. The van der Waals surface area contributed by atoms with Crippen LogP contribution in [-0.4, -0.2) is 17.0 Å². The van der Waals surface area contributed by atoms with Gasteiger partial charge in [-0.1, -0.05) is 27.5 Å². The number of anilines is 3. The fraction of sp³-hybridized carbons (Fsp3) is 0.167. The molecule has 0 unspecified atom stereocenters. The first kappa shape index (κ1) is 13.1. The van der Waals surface area contributed by atoms with E-state index >= 15 is 0 Å². The molecule has 0 aliphatic carbocycles. The van der Waals surface area contributed by atoms with Crippen LogP contribution >= 0.6 is 27.5 Å². The molecule has 0 aliphatic rings. The van der Waals surface area contributed by atoms with E-state index in [0.717, 1.165) is 15.9 Å². The van der Waals surface area contributed by atoms with Gasteiger partial charge in [0.25, 0.3) is 0 Å². The second-order valence-electron chi connectivity index (χ2n) is 3.72. The largest absolute Gasteiger partial charge is 0.357 e. The van der Waals surface area contributed by atoms with Crippen LogP contribution < -0.4 is 10.6 Å². The van der Waals surface area contributed by atoms with Gasteiger partial charge in [-0.3, -0.25) is 0 Å². The van der Waals surface area contributed by atoms with Crippen molar-refractivity contribution in [3.05, 3.63) is 39.5 Å². The van der Waals surface area contributed by atoms with Crippen molar-refractivity contribution >= 4 is 45.0 Å². The molecule has 0 saturated carbocycles. The Morgan fingerprint density at radius 2 is 2.00 bits per heavy atom. The van der Waals surface area contributed by atoms with Crippen LogP contribution in [0.25, 0.3) is 0 Å². The third-order valence-corrected chi connectivity index (χ3v) is 3.09. The first-order valence-corrected chi connectivity index (χ1v) is 6.51. The van der Waals surface area contributed by atoms with Crippen LogP contribution in [0.1, 0.15) is 5.69 Å². The van der Waals surface area contributed by atoms with Gasteiger partial charge in [-0.05, 0) is 25.1 Å². The maximum atomic E-state index is 6.12. The highest BCUT2D eigenvalue weighted by atomic mass is 79.9. The van der Waals surface area contributed by atoms with Gasteiger partial charge in [0.15, 0.2) is 0 Å². The van der Waals surface area contributed by atoms with Gasteiger partial charge in [-0.2, -0.15) is 4.98 Å². The third-order valence-electron chi connectivity index (χ3n) is 2.27. The summed E-state index contributed by atoms with van der Waals surface area (Å²) in [6.07, 6.45) is 0. The minimum absolute atomic E-state index is 0.573. The Morgan fingerprint density at radius 1 is 1.22 bits per heavy atom.